The third kappa shape index (κ3) is 4.75. The van der Waals surface area contributed by atoms with E-state index in [0.717, 1.165) is 10.4 Å². The summed E-state index contributed by atoms with van der Waals surface area (Å²) in [6.07, 6.45) is -0.198. The van der Waals surface area contributed by atoms with E-state index in [1.54, 1.807) is 26.0 Å². The first-order valence-electron chi connectivity index (χ1n) is 9.69. The Morgan fingerprint density at radius 1 is 1.20 bits per heavy atom. The van der Waals surface area contributed by atoms with Crippen molar-refractivity contribution >= 4 is 27.5 Å². The number of ether oxygens (including phenoxy) is 1. The molecule has 3 heterocycles. The van der Waals surface area contributed by atoms with Gasteiger partial charge in [-0.15, -0.1) is 16.4 Å². The molecule has 0 spiro atoms. The van der Waals surface area contributed by atoms with E-state index in [2.05, 4.69) is 4.98 Å². The number of aryl methyl sites for hydroxylation is 2. The number of sulfonamides is 1. The Kier molecular flexibility index (Phi) is 6.96. The second-order valence-corrected chi connectivity index (χ2v) is 9.99. The van der Waals surface area contributed by atoms with Crippen LogP contribution in [0, 0.1) is 6.92 Å². The number of hydrogen-bond donors (Lipinski definition) is 1. The predicted molar refractivity (Wildman–Crippen MR) is 113 cm³/mol. The number of carbonyl (C=O) groups is 1. The fourth-order valence-corrected chi connectivity index (χ4v) is 6.12. The van der Waals surface area contributed by atoms with Crippen molar-refractivity contribution < 1.29 is 22.8 Å². The Hall–Kier alpha value is -2.21. The van der Waals surface area contributed by atoms with Crippen molar-refractivity contribution in [3.8, 4) is 10.4 Å². The van der Waals surface area contributed by atoms with Gasteiger partial charge in [-0.1, -0.05) is 6.92 Å². The third-order valence-electron chi connectivity index (χ3n) is 4.80. The molecule has 30 heavy (non-hydrogen) atoms. The number of piperazine rings is 1. The highest BCUT2D eigenvalue weighted by atomic mass is 32.2. The number of hydrogen-bond acceptors (Lipinski definition) is 8. The van der Waals surface area contributed by atoms with Crippen LogP contribution < -0.4 is 5.56 Å². The quantitative estimate of drug-likeness (QED) is 0.666. The van der Waals surface area contributed by atoms with Crippen LogP contribution in [0.25, 0.3) is 10.4 Å². The van der Waals surface area contributed by atoms with Gasteiger partial charge in [-0.25, -0.2) is 13.2 Å². The number of aromatic nitrogens is 1. The van der Waals surface area contributed by atoms with Gasteiger partial charge in [-0.2, -0.15) is 4.31 Å². The van der Waals surface area contributed by atoms with E-state index in [-0.39, 0.29) is 42.6 Å². The van der Waals surface area contributed by atoms with Crippen molar-refractivity contribution in [1.82, 2.24) is 14.4 Å². The summed E-state index contributed by atoms with van der Waals surface area (Å²) < 4.78 is 32.5. The highest BCUT2D eigenvalue weighted by Crippen LogP contribution is 2.33. The maximum absolute atomic E-state index is 13.1. The van der Waals surface area contributed by atoms with Crippen LogP contribution in [0.2, 0.25) is 0 Å². The Bertz CT molecular complexity index is 1070. The smallest absolute Gasteiger partial charge is 0.433 e. The molecule has 164 valence electrons. The molecule has 0 bridgehead atoms. The molecule has 2 aromatic heterocycles. The number of rotatable bonds is 6. The molecule has 11 heteroatoms. The third-order valence-corrected chi connectivity index (χ3v) is 8.29. The van der Waals surface area contributed by atoms with Crippen molar-refractivity contribution in [3.63, 3.8) is 0 Å². The van der Waals surface area contributed by atoms with E-state index in [1.165, 1.54) is 20.7 Å². The highest BCUT2D eigenvalue weighted by molar-refractivity contribution is 7.91. The van der Waals surface area contributed by atoms with Crippen LogP contribution in [-0.2, 0) is 26.0 Å². The van der Waals surface area contributed by atoms with Gasteiger partial charge >= 0.3 is 6.16 Å². The zero-order chi connectivity index (χ0) is 21.9. The van der Waals surface area contributed by atoms with Gasteiger partial charge in [-0.05, 0) is 38.5 Å². The molecule has 0 unspecified atom stereocenters. The molecule has 3 rings (SSSR count). The van der Waals surface area contributed by atoms with Gasteiger partial charge in [0, 0.05) is 47.9 Å². The first-order valence-corrected chi connectivity index (χ1v) is 11.9. The molecule has 0 radical (unpaired) electrons. The number of hydroxylamine groups is 2. The second-order valence-electron chi connectivity index (χ2n) is 6.74. The number of thiophene rings is 1. The summed E-state index contributed by atoms with van der Waals surface area (Å²) in [6.45, 7) is 6.51. The minimum Gasteiger partial charge on any atom is -0.433 e. The summed E-state index contributed by atoms with van der Waals surface area (Å²) in [6, 6.07) is 5.17. The number of aromatic amines is 1. The minimum absolute atomic E-state index is 0.119. The molecule has 1 saturated heterocycles. The maximum atomic E-state index is 13.1. The number of carbonyl (C=O) groups excluding carboxylic acids is 1. The lowest BCUT2D eigenvalue weighted by molar-refractivity contribution is -0.139. The van der Waals surface area contributed by atoms with Crippen molar-refractivity contribution in [2.75, 3.05) is 32.8 Å². The standard InChI is InChI=1S/C19H25N3O6S2/c1-4-14-12-15(13(3)20-18(14)23)16-6-7-17(29-16)30(25,26)22-10-8-21(9-11-22)28-19(24)27-5-2/h6-7,12H,4-5,8-11H2,1-3H3,(H,20,23). The minimum atomic E-state index is -3.67. The number of pyridine rings is 1. The lowest BCUT2D eigenvalue weighted by atomic mass is 10.1. The summed E-state index contributed by atoms with van der Waals surface area (Å²) in [4.78, 5) is 32.0. The van der Waals surface area contributed by atoms with Gasteiger partial charge in [0.1, 0.15) is 4.21 Å². The molecule has 1 aliphatic heterocycles. The molecule has 0 atom stereocenters. The van der Waals surface area contributed by atoms with Crippen LogP contribution in [0.15, 0.2) is 27.2 Å². The fourth-order valence-electron chi connectivity index (χ4n) is 3.17. The number of nitrogens with one attached hydrogen (secondary N) is 1. The fraction of sp³-hybridized carbons (Fsp3) is 0.474. The van der Waals surface area contributed by atoms with Crippen molar-refractivity contribution in [2.45, 2.75) is 31.4 Å². The van der Waals surface area contributed by atoms with Crippen LogP contribution in [0.3, 0.4) is 0 Å². The lowest BCUT2D eigenvalue weighted by Gasteiger charge is -2.31. The van der Waals surface area contributed by atoms with Crippen molar-refractivity contribution in [3.05, 3.63) is 39.8 Å². The SMILES string of the molecule is CCOC(=O)ON1CCN(S(=O)(=O)c2ccc(-c3cc(CC)c(=O)[nH]c3C)s2)CC1. The van der Waals surface area contributed by atoms with E-state index >= 15 is 0 Å². The predicted octanol–water partition coefficient (Wildman–Crippen LogP) is 2.37. The highest BCUT2D eigenvalue weighted by Gasteiger charge is 2.31. The van der Waals surface area contributed by atoms with Crippen LogP contribution in [0.4, 0.5) is 4.79 Å². The first kappa shape index (κ1) is 22.5. The Morgan fingerprint density at radius 2 is 1.90 bits per heavy atom. The zero-order valence-corrected chi connectivity index (χ0v) is 18.8. The molecule has 1 aliphatic rings. The first-order chi connectivity index (χ1) is 14.3. The van der Waals surface area contributed by atoms with Crippen LogP contribution in [0.5, 0.6) is 0 Å². The summed E-state index contributed by atoms with van der Waals surface area (Å²) in [5.74, 6) is 0. The number of H-pyrrole nitrogens is 1. The van der Waals surface area contributed by atoms with Crippen molar-refractivity contribution in [1.29, 1.82) is 0 Å². The molecule has 0 aromatic carbocycles. The Morgan fingerprint density at radius 3 is 2.53 bits per heavy atom. The normalized spacial score (nSPS) is 15.8. The number of nitrogens with zero attached hydrogens (tertiary/aromatic N) is 2. The van der Waals surface area contributed by atoms with E-state index in [1.807, 2.05) is 13.0 Å². The van der Waals surface area contributed by atoms with Gasteiger partial charge in [0.25, 0.3) is 15.6 Å². The van der Waals surface area contributed by atoms with E-state index in [9.17, 15) is 18.0 Å². The van der Waals surface area contributed by atoms with Crippen LogP contribution in [-0.4, -0.2) is 61.7 Å². The summed E-state index contributed by atoms with van der Waals surface area (Å²) >= 11 is 1.17. The van der Waals surface area contributed by atoms with E-state index in [0.29, 0.717) is 17.7 Å². The van der Waals surface area contributed by atoms with Gasteiger partial charge in [0.05, 0.1) is 6.61 Å². The molecular weight excluding hydrogens is 430 g/mol. The molecule has 2 aromatic rings. The molecule has 1 fully saturated rings. The van der Waals surface area contributed by atoms with Crippen LogP contribution >= 0.6 is 11.3 Å². The van der Waals surface area contributed by atoms with Crippen LogP contribution in [0.1, 0.15) is 25.1 Å². The summed E-state index contributed by atoms with van der Waals surface area (Å²) in [7, 11) is -3.67. The summed E-state index contributed by atoms with van der Waals surface area (Å²) in [5, 5.41) is 1.40. The Labute approximate surface area is 179 Å². The monoisotopic (exact) mass is 455 g/mol. The molecule has 0 aliphatic carbocycles. The lowest BCUT2D eigenvalue weighted by Crippen LogP contribution is -2.48. The summed E-state index contributed by atoms with van der Waals surface area (Å²) in [5.41, 5.74) is 2.07. The topological polar surface area (TPSA) is 109 Å². The Balaban J connectivity index is 1.74. The van der Waals surface area contributed by atoms with Gasteiger partial charge < -0.3 is 14.6 Å². The molecule has 0 amide bonds. The van der Waals surface area contributed by atoms with Gasteiger partial charge in [-0.3, -0.25) is 4.79 Å². The maximum Gasteiger partial charge on any atom is 0.527 e. The molecule has 0 saturated carbocycles. The molecule has 9 nitrogen and oxygen atoms in total. The van der Waals surface area contributed by atoms with E-state index < -0.39 is 16.2 Å². The van der Waals surface area contributed by atoms with E-state index in [4.69, 9.17) is 9.57 Å². The molecular formula is C19H25N3O6S2. The largest absolute Gasteiger partial charge is 0.527 e. The molecule has 1 N–H and O–H groups in total. The van der Waals surface area contributed by atoms with Gasteiger partial charge in [0.15, 0.2) is 0 Å². The second kappa shape index (κ2) is 9.29. The zero-order valence-electron chi connectivity index (χ0n) is 17.1. The van der Waals surface area contributed by atoms with Gasteiger partial charge in [0.2, 0.25) is 0 Å². The van der Waals surface area contributed by atoms with Crippen molar-refractivity contribution in [2.24, 2.45) is 0 Å². The average Bonchev–Trinajstić information content (AvgIpc) is 3.19. The average molecular weight is 456 g/mol.